The van der Waals surface area contributed by atoms with Gasteiger partial charge in [-0.15, -0.1) is 0 Å². The topological polar surface area (TPSA) is 52.0 Å². The first-order valence-electron chi connectivity index (χ1n) is 6.72. The van der Waals surface area contributed by atoms with Crippen molar-refractivity contribution in [2.75, 3.05) is 19.7 Å². The summed E-state index contributed by atoms with van der Waals surface area (Å²) in [7, 11) is 0. The zero-order valence-electron chi connectivity index (χ0n) is 10.8. The van der Waals surface area contributed by atoms with Gasteiger partial charge >= 0.3 is 0 Å². The second kappa shape index (κ2) is 5.84. The molecule has 0 atom stereocenters. The molecule has 2 aromatic heterocycles. The quantitative estimate of drug-likeness (QED) is 0.906. The van der Waals surface area contributed by atoms with Crippen LogP contribution in [0.15, 0.2) is 36.7 Å². The summed E-state index contributed by atoms with van der Waals surface area (Å²) in [5, 5.41) is 7.53. The van der Waals surface area contributed by atoms with Crippen molar-refractivity contribution in [3.05, 3.63) is 36.7 Å². The second-order valence-electron chi connectivity index (χ2n) is 4.79. The number of nitrogens with zero attached hydrogens (tertiary/aromatic N) is 3. The van der Waals surface area contributed by atoms with Gasteiger partial charge in [-0.05, 0) is 44.0 Å². The molecule has 5 heteroatoms. The standard InChI is InChI=1S/C14H18N4O/c1-3-13(18-10-2-7-16-18)17-14(4-1)19-11-12-5-8-15-9-6-12/h1-4,7,10,12,15H,5-6,8-9,11H2. The van der Waals surface area contributed by atoms with Gasteiger partial charge in [-0.1, -0.05) is 6.07 Å². The van der Waals surface area contributed by atoms with Crippen LogP contribution in [0, 0.1) is 5.92 Å². The molecule has 0 bridgehead atoms. The third-order valence-corrected chi connectivity index (χ3v) is 3.37. The van der Waals surface area contributed by atoms with Crippen LogP contribution in [-0.2, 0) is 0 Å². The molecular formula is C14H18N4O. The highest BCUT2D eigenvalue weighted by molar-refractivity contribution is 5.26. The Labute approximate surface area is 112 Å². The normalized spacial score (nSPS) is 16.4. The summed E-state index contributed by atoms with van der Waals surface area (Å²) in [4.78, 5) is 4.46. The Hall–Kier alpha value is -1.88. The van der Waals surface area contributed by atoms with Crippen LogP contribution in [0.1, 0.15) is 12.8 Å². The predicted molar refractivity (Wildman–Crippen MR) is 72.4 cm³/mol. The molecule has 1 saturated heterocycles. The minimum Gasteiger partial charge on any atom is -0.477 e. The van der Waals surface area contributed by atoms with Gasteiger partial charge in [0.25, 0.3) is 0 Å². The highest BCUT2D eigenvalue weighted by atomic mass is 16.5. The number of aromatic nitrogens is 3. The van der Waals surface area contributed by atoms with Crippen molar-refractivity contribution in [1.29, 1.82) is 0 Å². The van der Waals surface area contributed by atoms with Crippen molar-refractivity contribution in [2.24, 2.45) is 5.92 Å². The zero-order valence-corrected chi connectivity index (χ0v) is 10.8. The lowest BCUT2D eigenvalue weighted by Gasteiger charge is -2.22. The fourth-order valence-corrected chi connectivity index (χ4v) is 2.27. The fraction of sp³-hybridized carbons (Fsp3) is 0.429. The van der Waals surface area contributed by atoms with Crippen LogP contribution in [0.3, 0.4) is 0 Å². The number of nitrogens with one attached hydrogen (secondary N) is 1. The van der Waals surface area contributed by atoms with Crippen LogP contribution < -0.4 is 10.1 Å². The molecule has 1 aliphatic heterocycles. The zero-order chi connectivity index (χ0) is 12.9. The van der Waals surface area contributed by atoms with E-state index in [0.29, 0.717) is 11.8 Å². The van der Waals surface area contributed by atoms with Crippen molar-refractivity contribution in [1.82, 2.24) is 20.1 Å². The Morgan fingerprint density at radius 3 is 2.95 bits per heavy atom. The lowest BCUT2D eigenvalue weighted by atomic mass is 9.99. The Bertz CT molecular complexity index is 506. The van der Waals surface area contributed by atoms with Crippen LogP contribution in [0.25, 0.3) is 5.82 Å². The number of ether oxygens (including phenoxy) is 1. The number of piperidine rings is 1. The lowest BCUT2D eigenvalue weighted by Crippen LogP contribution is -2.30. The lowest BCUT2D eigenvalue weighted by molar-refractivity contribution is 0.209. The highest BCUT2D eigenvalue weighted by Crippen LogP contribution is 2.15. The van der Waals surface area contributed by atoms with Gasteiger partial charge in [0.05, 0.1) is 6.61 Å². The summed E-state index contributed by atoms with van der Waals surface area (Å²) in [6.07, 6.45) is 5.97. The summed E-state index contributed by atoms with van der Waals surface area (Å²) >= 11 is 0. The fourth-order valence-electron chi connectivity index (χ4n) is 2.27. The molecule has 100 valence electrons. The van der Waals surface area contributed by atoms with Crippen LogP contribution in [-0.4, -0.2) is 34.5 Å². The molecule has 3 rings (SSSR count). The number of rotatable bonds is 4. The molecule has 5 nitrogen and oxygen atoms in total. The van der Waals surface area contributed by atoms with Gasteiger partial charge < -0.3 is 10.1 Å². The van der Waals surface area contributed by atoms with E-state index in [1.807, 2.05) is 30.5 Å². The molecule has 0 amide bonds. The highest BCUT2D eigenvalue weighted by Gasteiger charge is 2.13. The maximum atomic E-state index is 5.80. The Balaban J connectivity index is 1.63. The molecule has 0 aliphatic carbocycles. The molecule has 0 saturated carbocycles. The van der Waals surface area contributed by atoms with Crippen molar-refractivity contribution in [2.45, 2.75) is 12.8 Å². The average molecular weight is 258 g/mol. The van der Waals surface area contributed by atoms with Gasteiger partial charge in [-0.25, -0.2) is 4.68 Å². The molecule has 2 aromatic rings. The first-order valence-corrected chi connectivity index (χ1v) is 6.72. The van der Waals surface area contributed by atoms with E-state index in [4.69, 9.17) is 4.74 Å². The SMILES string of the molecule is c1cc(OCC2CCNCC2)nc(-n2cccn2)c1. The molecule has 3 heterocycles. The van der Waals surface area contributed by atoms with E-state index in [-0.39, 0.29) is 0 Å². The van der Waals surface area contributed by atoms with Crippen molar-refractivity contribution in [3.8, 4) is 11.7 Å². The van der Waals surface area contributed by atoms with Crippen molar-refractivity contribution < 1.29 is 4.74 Å². The van der Waals surface area contributed by atoms with E-state index in [2.05, 4.69) is 15.4 Å². The monoisotopic (exact) mass is 258 g/mol. The minimum atomic E-state index is 0.636. The third kappa shape index (κ3) is 3.12. The van der Waals surface area contributed by atoms with Crippen molar-refractivity contribution in [3.63, 3.8) is 0 Å². The number of pyridine rings is 1. The maximum Gasteiger partial charge on any atom is 0.215 e. The van der Waals surface area contributed by atoms with Crippen LogP contribution >= 0.6 is 0 Å². The first kappa shape index (κ1) is 12.2. The molecule has 1 aliphatic rings. The number of hydrogen-bond acceptors (Lipinski definition) is 4. The number of hydrogen-bond donors (Lipinski definition) is 1. The second-order valence-corrected chi connectivity index (χ2v) is 4.79. The van der Waals surface area contributed by atoms with Gasteiger partial charge in [0.15, 0.2) is 5.82 Å². The van der Waals surface area contributed by atoms with Gasteiger partial charge in [0.2, 0.25) is 5.88 Å². The minimum absolute atomic E-state index is 0.636. The third-order valence-electron chi connectivity index (χ3n) is 3.37. The van der Waals surface area contributed by atoms with E-state index in [1.165, 1.54) is 12.8 Å². The summed E-state index contributed by atoms with van der Waals surface area (Å²) in [5.41, 5.74) is 0. The molecule has 0 spiro atoms. The molecule has 0 unspecified atom stereocenters. The van der Waals surface area contributed by atoms with Crippen LogP contribution in [0.4, 0.5) is 0 Å². The van der Waals surface area contributed by atoms with E-state index >= 15 is 0 Å². The average Bonchev–Trinajstić information content (AvgIpc) is 3.01. The molecule has 1 fully saturated rings. The Kier molecular flexibility index (Phi) is 3.74. The van der Waals surface area contributed by atoms with Gasteiger partial charge in [-0.2, -0.15) is 10.1 Å². The smallest absolute Gasteiger partial charge is 0.215 e. The van der Waals surface area contributed by atoms with E-state index < -0.39 is 0 Å². The molecule has 0 aromatic carbocycles. The molecular weight excluding hydrogens is 240 g/mol. The predicted octanol–water partition coefficient (Wildman–Crippen LogP) is 1.65. The largest absolute Gasteiger partial charge is 0.477 e. The summed E-state index contributed by atoms with van der Waals surface area (Å²) in [6.45, 7) is 2.93. The molecule has 0 radical (unpaired) electrons. The van der Waals surface area contributed by atoms with Crippen LogP contribution in [0.2, 0.25) is 0 Å². The summed E-state index contributed by atoms with van der Waals surface area (Å²) in [6, 6.07) is 7.64. The van der Waals surface area contributed by atoms with E-state index in [0.717, 1.165) is 25.5 Å². The first-order chi connectivity index (χ1) is 9.42. The molecule has 1 N–H and O–H groups in total. The summed E-state index contributed by atoms with van der Waals surface area (Å²) < 4.78 is 7.54. The summed E-state index contributed by atoms with van der Waals surface area (Å²) in [5.74, 6) is 2.09. The van der Waals surface area contributed by atoms with E-state index in [1.54, 1.807) is 10.9 Å². The van der Waals surface area contributed by atoms with Gasteiger partial charge in [0.1, 0.15) is 0 Å². The van der Waals surface area contributed by atoms with Gasteiger partial charge in [-0.3, -0.25) is 0 Å². The van der Waals surface area contributed by atoms with Gasteiger partial charge in [0, 0.05) is 18.5 Å². The molecule has 19 heavy (non-hydrogen) atoms. The van der Waals surface area contributed by atoms with Crippen molar-refractivity contribution >= 4 is 0 Å². The Morgan fingerprint density at radius 1 is 1.26 bits per heavy atom. The Morgan fingerprint density at radius 2 is 2.16 bits per heavy atom. The maximum absolute atomic E-state index is 5.80. The van der Waals surface area contributed by atoms with Crippen LogP contribution in [0.5, 0.6) is 5.88 Å². The van der Waals surface area contributed by atoms with E-state index in [9.17, 15) is 0 Å².